The monoisotopic (exact) mass is 403 g/mol. The van der Waals surface area contributed by atoms with E-state index >= 15 is 0 Å². The van der Waals surface area contributed by atoms with Crippen LogP contribution < -0.4 is 5.32 Å². The van der Waals surface area contributed by atoms with E-state index in [0.29, 0.717) is 22.4 Å². The number of phenolic OH excluding ortho intramolecular Hbond substituents is 1. The van der Waals surface area contributed by atoms with E-state index in [1.165, 1.54) is 42.5 Å². The molecule has 1 aromatic heterocycles. The molecule has 4 aromatic rings. The third-order valence-corrected chi connectivity index (χ3v) is 4.66. The lowest BCUT2D eigenvalue weighted by Gasteiger charge is -2.08. The fourth-order valence-electron chi connectivity index (χ4n) is 3.06. The van der Waals surface area contributed by atoms with Crippen LogP contribution in [0.2, 0.25) is 0 Å². The second kappa shape index (κ2) is 7.67. The molecule has 0 atom stereocenters. The zero-order valence-corrected chi connectivity index (χ0v) is 16.0. The number of hydrogen-bond donors (Lipinski definition) is 2. The molecule has 0 saturated heterocycles. The number of anilines is 1. The minimum absolute atomic E-state index is 0.0504. The minimum atomic E-state index is -0.563. The number of benzene rings is 3. The number of phenols is 1. The van der Waals surface area contributed by atoms with Crippen LogP contribution >= 0.6 is 0 Å². The summed E-state index contributed by atoms with van der Waals surface area (Å²) in [6, 6.07) is 15.6. The number of carbonyl (C=O) groups excluding carboxylic acids is 1. The number of nitrogens with one attached hydrogen (secondary N) is 1. The normalized spacial score (nSPS) is 10.8. The van der Waals surface area contributed by atoms with Gasteiger partial charge in [-0.15, -0.1) is 0 Å². The molecule has 0 aliphatic rings. The molecule has 0 saturated carbocycles. The molecule has 4 rings (SSSR count). The maximum Gasteiger partial charge on any atom is 0.270 e. The Morgan fingerprint density at radius 3 is 2.77 bits per heavy atom. The fraction of sp³-hybridized carbons (Fsp3) is 0.0909. The van der Waals surface area contributed by atoms with Crippen LogP contribution in [0.15, 0.2) is 65.1 Å². The molecule has 30 heavy (non-hydrogen) atoms. The summed E-state index contributed by atoms with van der Waals surface area (Å²) in [5.41, 5.74) is 3.06. The van der Waals surface area contributed by atoms with Crippen LogP contribution in [-0.4, -0.2) is 20.9 Å². The quantitative estimate of drug-likeness (QED) is 0.277. The first-order valence-electron chi connectivity index (χ1n) is 9.23. The number of carbonyl (C=O) groups is 1. The SMILES string of the molecule is CCc1ccc2oc(-c3cc(NC(=O)c4cccc([N+](=O)[O-])c4)ccc3O)nc2c1. The number of non-ortho nitro benzene ring substituents is 1. The van der Waals surface area contributed by atoms with Crippen molar-refractivity contribution in [2.45, 2.75) is 13.3 Å². The number of hydrogen-bond acceptors (Lipinski definition) is 6. The van der Waals surface area contributed by atoms with Crippen LogP contribution in [0.3, 0.4) is 0 Å². The summed E-state index contributed by atoms with van der Waals surface area (Å²) in [7, 11) is 0. The van der Waals surface area contributed by atoms with Crippen LogP contribution in [0.1, 0.15) is 22.8 Å². The molecule has 3 aromatic carbocycles. The molecule has 150 valence electrons. The summed E-state index contributed by atoms with van der Waals surface area (Å²) in [6.45, 7) is 2.04. The lowest BCUT2D eigenvalue weighted by molar-refractivity contribution is -0.384. The van der Waals surface area contributed by atoms with E-state index in [0.717, 1.165) is 12.0 Å². The second-order valence-electron chi connectivity index (χ2n) is 6.67. The number of nitro groups is 1. The van der Waals surface area contributed by atoms with Crippen LogP contribution in [0.5, 0.6) is 5.75 Å². The Hall–Kier alpha value is -4.20. The van der Waals surface area contributed by atoms with Crippen molar-refractivity contribution in [3.05, 3.63) is 81.9 Å². The van der Waals surface area contributed by atoms with Crippen molar-refractivity contribution in [2.24, 2.45) is 0 Å². The summed E-state index contributed by atoms with van der Waals surface area (Å²) < 4.78 is 5.76. The molecule has 2 N–H and O–H groups in total. The number of amides is 1. The Kier molecular flexibility index (Phi) is 4.89. The molecule has 0 aliphatic heterocycles. The number of fused-ring (bicyclic) bond motifs is 1. The number of aryl methyl sites for hydroxylation is 1. The third kappa shape index (κ3) is 3.70. The number of nitro benzene ring substituents is 1. The van der Waals surface area contributed by atoms with E-state index in [1.54, 1.807) is 0 Å². The van der Waals surface area contributed by atoms with Gasteiger partial charge in [0, 0.05) is 23.4 Å². The van der Waals surface area contributed by atoms with Crippen LogP contribution in [0.25, 0.3) is 22.6 Å². The van der Waals surface area contributed by atoms with Crippen molar-refractivity contribution < 1.29 is 19.2 Å². The first-order valence-corrected chi connectivity index (χ1v) is 9.23. The Morgan fingerprint density at radius 2 is 2.00 bits per heavy atom. The van der Waals surface area contributed by atoms with Crippen molar-refractivity contribution >= 4 is 28.4 Å². The zero-order chi connectivity index (χ0) is 21.3. The third-order valence-electron chi connectivity index (χ3n) is 4.66. The molecule has 8 heteroatoms. The highest BCUT2D eigenvalue weighted by atomic mass is 16.6. The van der Waals surface area contributed by atoms with Gasteiger partial charge in [-0.1, -0.05) is 19.1 Å². The van der Waals surface area contributed by atoms with Gasteiger partial charge in [-0.3, -0.25) is 14.9 Å². The highest BCUT2D eigenvalue weighted by Gasteiger charge is 2.16. The summed E-state index contributed by atoms with van der Waals surface area (Å²) in [6.07, 6.45) is 0.864. The number of aromatic hydroxyl groups is 1. The van der Waals surface area contributed by atoms with Crippen LogP contribution in [-0.2, 0) is 6.42 Å². The van der Waals surface area contributed by atoms with E-state index in [1.807, 2.05) is 25.1 Å². The molecule has 8 nitrogen and oxygen atoms in total. The molecule has 1 amide bonds. The van der Waals surface area contributed by atoms with Gasteiger partial charge in [0.2, 0.25) is 5.89 Å². The van der Waals surface area contributed by atoms with Gasteiger partial charge in [-0.25, -0.2) is 4.98 Å². The Morgan fingerprint density at radius 1 is 1.17 bits per heavy atom. The summed E-state index contributed by atoms with van der Waals surface area (Å²) >= 11 is 0. The van der Waals surface area contributed by atoms with Crippen molar-refractivity contribution in [1.82, 2.24) is 4.98 Å². The van der Waals surface area contributed by atoms with E-state index in [9.17, 15) is 20.0 Å². The number of nitrogens with zero attached hydrogens (tertiary/aromatic N) is 2. The number of aromatic nitrogens is 1. The molecule has 0 fully saturated rings. The van der Waals surface area contributed by atoms with Gasteiger partial charge in [0.05, 0.1) is 10.5 Å². The van der Waals surface area contributed by atoms with E-state index in [2.05, 4.69) is 10.3 Å². The number of oxazole rings is 1. The Bertz CT molecular complexity index is 1280. The molecule has 0 bridgehead atoms. The van der Waals surface area contributed by atoms with E-state index in [-0.39, 0.29) is 22.9 Å². The molecule has 0 aliphatic carbocycles. The van der Waals surface area contributed by atoms with Crippen molar-refractivity contribution in [3.63, 3.8) is 0 Å². The van der Waals surface area contributed by atoms with Gasteiger partial charge < -0.3 is 14.8 Å². The van der Waals surface area contributed by atoms with Crippen molar-refractivity contribution in [3.8, 4) is 17.2 Å². The lowest BCUT2D eigenvalue weighted by Crippen LogP contribution is -2.12. The predicted octanol–water partition coefficient (Wildman–Crippen LogP) is 4.92. The standard InChI is InChI=1S/C22H17N3O5/c1-2-13-6-9-20-18(10-13)24-22(30-20)17-12-15(7-8-19(17)26)23-21(27)14-4-3-5-16(11-14)25(28)29/h3-12,26H,2H2,1H3,(H,23,27). The topological polar surface area (TPSA) is 118 Å². The molecule has 0 radical (unpaired) electrons. The number of rotatable bonds is 5. The summed E-state index contributed by atoms with van der Waals surface area (Å²) in [5, 5.41) is 23.9. The predicted molar refractivity (Wildman–Crippen MR) is 112 cm³/mol. The maximum atomic E-state index is 12.5. The average molecular weight is 403 g/mol. The lowest BCUT2D eigenvalue weighted by atomic mass is 10.1. The van der Waals surface area contributed by atoms with Gasteiger partial charge in [-0.05, 0) is 48.4 Å². The van der Waals surface area contributed by atoms with Crippen molar-refractivity contribution in [1.29, 1.82) is 0 Å². The highest BCUT2D eigenvalue weighted by Crippen LogP contribution is 2.33. The molecule has 0 unspecified atom stereocenters. The fourth-order valence-corrected chi connectivity index (χ4v) is 3.06. The Balaban J connectivity index is 1.64. The first-order chi connectivity index (χ1) is 14.4. The first kappa shape index (κ1) is 19.1. The molecular weight excluding hydrogens is 386 g/mol. The van der Waals surface area contributed by atoms with Gasteiger partial charge in [0.1, 0.15) is 11.3 Å². The zero-order valence-electron chi connectivity index (χ0n) is 16.0. The Labute approximate surface area is 170 Å². The molecule has 0 spiro atoms. The summed E-state index contributed by atoms with van der Waals surface area (Å²) in [5.74, 6) is -0.340. The second-order valence-corrected chi connectivity index (χ2v) is 6.67. The van der Waals surface area contributed by atoms with Crippen LogP contribution in [0.4, 0.5) is 11.4 Å². The van der Waals surface area contributed by atoms with Crippen molar-refractivity contribution in [2.75, 3.05) is 5.32 Å². The largest absolute Gasteiger partial charge is 0.507 e. The highest BCUT2D eigenvalue weighted by molar-refractivity contribution is 6.05. The van der Waals surface area contributed by atoms with Gasteiger partial charge >= 0.3 is 0 Å². The average Bonchev–Trinajstić information content (AvgIpc) is 3.18. The molecular formula is C22H17N3O5. The van der Waals surface area contributed by atoms with Gasteiger partial charge in [-0.2, -0.15) is 0 Å². The van der Waals surface area contributed by atoms with Gasteiger partial charge in [0.25, 0.3) is 11.6 Å². The summed E-state index contributed by atoms with van der Waals surface area (Å²) in [4.78, 5) is 27.3. The smallest absolute Gasteiger partial charge is 0.270 e. The van der Waals surface area contributed by atoms with Crippen LogP contribution in [0, 0.1) is 10.1 Å². The van der Waals surface area contributed by atoms with E-state index in [4.69, 9.17) is 4.42 Å². The molecule has 1 heterocycles. The van der Waals surface area contributed by atoms with E-state index < -0.39 is 10.8 Å². The van der Waals surface area contributed by atoms with Gasteiger partial charge in [0.15, 0.2) is 5.58 Å². The maximum absolute atomic E-state index is 12.5. The minimum Gasteiger partial charge on any atom is -0.507 e.